The summed E-state index contributed by atoms with van der Waals surface area (Å²) in [5, 5.41) is 53.6. The highest BCUT2D eigenvalue weighted by atomic mass is 16.4. The third kappa shape index (κ3) is 3.70. The van der Waals surface area contributed by atoms with Crippen molar-refractivity contribution in [3.05, 3.63) is 0 Å². The molecule has 0 bridgehead atoms. The number of nitrogens with two attached hydrogens (primary N) is 1. The molecule has 0 aromatic rings. The van der Waals surface area contributed by atoms with Gasteiger partial charge in [-0.15, -0.1) is 0 Å². The molecule has 1 amide bonds. The Morgan fingerprint density at radius 2 is 1.47 bits per heavy atom. The first-order valence-electron chi connectivity index (χ1n) is 4.13. The maximum atomic E-state index is 10.4. The van der Waals surface area contributed by atoms with Crippen LogP contribution < -0.4 is 5.73 Å². The van der Waals surface area contributed by atoms with Crippen LogP contribution in [0.4, 0.5) is 0 Å². The van der Waals surface area contributed by atoms with Gasteiger partial charge in [-0.3, -0.25) is 4.79 Å². The highest BCUT2D eigenvalue weighted by Crippen LogP contribution is 2.08. The van der Waals surface area contributed by atoms with Crippen LogP contribution in [0.15, 0.2) is 0 Å². The molecule has 0 aromatic heterocycles. The van der Waals surface area contributed by atoms with E-state index in [1.54, 1.807) is 0 Å². The molecule has 0 saturated heterocycles. The van der Waals surface area contributed by atoms with Gasteiger partial charge in [-0.25, -0.2) is 0 Å². The summed E-state index contributed by atoms with van der Waals surface area (Å²) in [6.45, 7) is -0.850. The van der Waals surface area contributed by atoms with Gasteiger partial charge < -0.3 is 36.4 Å². The summed E-state index contributed by atoms with van der Waals surface area (Å²) in [5.74, 6) is -1.28. The van der Waals surface area contributed by atoms with Gasteiger partial charge in [0.25, 0.3) is 0 Å². The van der Waals surface area contributed by atoms with Crippen LogP contribution in [0.5, 0.6) is 0 Å². The minimum atomic E-state index is -2.07. The number of hydrogen-bond donors (Lipinski definition) is 7. The van der Waals surface area contributed by atoms with E-state index in [0.29, 0.717) is 0 Å². The Bertz CT molecular complexity index is 212. The van der Waals surface area contributed by atoms with Crippen LogP contribution in [0.25, 0.3) is 0 Å². The summed E-state index contributed by atoms with van der Waals surface area (Å²) in [6.07, 6.45) is -9.72. The third-order valence-electron chi connectivity index (χ3n) is 1.90. The second-order valence-corrected chi connectivity index (χ2v) is 3.07. The summed E-state index contributed by atoms with van der Waals surface area (Å²) in [7, 11) is 0. The van der Waals surface area contributed by atoms with Crippen molar-refractivity contribution in [2.45, 2.75) is 30.5 Å². The lowest BCUT2D eigenvalue weighted by molar-refractivity contribution is -0.154. The largest absolute Gasteiger partial charge is 0.394 e. The fourth-order valence-corrected chi connectivity index (χ4v) is 0.893. The lowest BCUT2D eigenvalue weighted by Crippen LogP contribution is -2.53. The predicted octanol–water partition coefficient (Wildman–Crippen LogP) is -4.73. The van der Waals surface area contributed by atoms with Gasteiger partial charge in [0.05, 0.1) is 6.61 Å². The van der Waals surface area contributed by atoms with Gasteiger partial charge >= 0.3 is 0 Å². The number of hydrogen-bond acceptors (Lipinski definition) is 7. The first-order chi connectivity index (χ1) is 6.82. The molecule has 8 nitrogen and oxygen atoms in total. The van der Waals surface area contributed by atoms with Crippen LogP contribution in [0.1, 0.15) is 0 Å². The molecule has 0 rings (SSSR count). The van der Waals surface area contributed by atoms with Gasteiger partial charge in [0.15, 0.2) is 6.10 Å². The Hall–Kier alpha value is -0.770. The normalized spacial score (nSPS) is 21.5. The molecule has 90 valence electrons. The molecular formula is C7H15NO7. The fourth-order valence-electron chi connectivity index (χ4n) is 0.893. The van der Waals surface area contributed by atoms with E-state index in [2.05, 4.69) is 5.73 Å². The summed E-state index contributed by atoms with van der Waals surface area (Å²) < 4.78 is 0. The van der Waals surface area contributed by atoms with Crippen molar-refractivity contribution in [3.8, 4) is 0 Å². The maximum absolute atomic E-state index is 10.4. The lowest BCUT2D eigenvalue weighted by atomic mass is 9.99. The zero-order chi connectivity index (χ0) is 12.2. The molecule has 0 aliphatic rings. The molecule has 0 aromatic carbocycles. The number of primary amides is 1. The van der Waals surface area contributed by atoms with Crippen molar-refractivity contribution in [3.63, 3.8) is 0 Å². The average molecular weight is 225 g/mol. The van der Waals surface area contributed by atoms with E-state index in [4.69, 9.17) is 30.6 Å². The van der Waals surface area contributed by atoms with Gasteiger partial charge in [0, 0.05) is 0 Å². The summed E-state index contributed by atoms with van der Waals surface area (Å²) >= 11 is 0. The minimum Gasteiger partial charge on any atom is -0.394 e. The molecule has 0 aliphatic heterocycles. The molecule has 15 heavy (non-hydrogen) atoms. The van der Waals surface area contributed by atoms with E-state index in [-0.39, 0.29) is 0 Å². The van der Waals surface area contributed by atoms with Crippen LogP contribution in [0, 0.1) is 0 Å². The Labute approximate surface area is 85.2 Å². The van der Waals surface area contributed by atoms with Crippen LogP contribution >= 0.6 is 0 Å². The SMILES string of the molecule is NC(=O)[C@@H](O)[C@H](O)[C@@H](O)[C@H](O)[C@H](O)CO. The number of carbonyl (C=O) groups is 1. The Balaban J connectivity index is 4.42. The summed E-state index contributed by atoms with van der Waals surface area (Å²) in [4.78, 5) is 10.4. The van der Waals surface area contributed by atoms with Gasteiger partial charge in [0.1, 0.15) is 24.4 Å². The van der Waals surface area contributed by atoms with Gasteiger partial charge in [-0.2, -0.15) is 0 Å². The van der Waals surface area contributed by atoms with Crippen molar-refractivity contribution < 1.29 is 35.4 Å². The molecule has 0 saturated carbocycles. The van der Waals surface area contributed by atoms with E-state index in [1.165, 1.54) is 0 Å². The van der Waals surface area contributed by atoms with Crippen molar-refractivity contribution >= 4 is 5.91 Å². The zero-order valence-electron chi connectivity index (χ0n) is 7.76. The smallest absolute Gasteiger partial charge is 0.249 e. The Kier molecular flexibility index (Phi) is 5.65. The number of aliphatic hydroxyl groups excluding tert-OH is 6. The molecule has 8 N–H and O–H groups in total. The minimum absolute atomic E-state index is 0.850. The molecule has 0 heterocycles. The molecule has 0 radical (unpaired) electrons. The average Bonchev–Trinajstić information content (AvgIpc) is 2.23. The molecule has 0 unspecified atom stereocenters. The van der Waals surface area contributed by atoms with E-state index in [1.807, 2.05) is 0 Å². The molecule has 8 heteroatoms. The van der Waals surface area contributed by atoms with Crippen molar-refractivity contribution in [1.29, 1.82) is 0 Å². The van der Waals surface area contributed by atoms with Crippen molar-refractivity contribution in [2.24, 2.45) is 5.73 Å². The topological polar surface area (TPSA) is 164 Å². The van der Waals surface area contributed by atoms with Crippen molar-refractivity contribution in [1.82, 2.24) is 0 Å². The number of aliphatic hydroxyl groups is 6. The maximum Gasteiger partial charge on any atom is 0.249 e. The first-order valence-corrected chi connectivity index (χ1v) is 4.13. The van der Waals surface area contributed by atoms with E-state index < -0.39 is 43.0 Å². The van der Waals surface area contributed by atoms with Crippen LogP contribution in [0.3, 0.4) is 0 Å². The van der Waals surface area contributed by atoms with Gasteiger partial charge in [-0.05, 0) is 0 Å². The molecule has 0 aliphatic carbocycles. The molecular weight excluding hydrogens is 210 g/mol. The highest BCUT2D eigenvalue weighted by molar-refractivity contribution is 5.79. The Morgan fingerprint density at radius 3 is 1.80 bits per heavy atom. The predicted molar refractivity (Wildman–Crippen MR) is 46.3 cm³/mol. The summed E-state index contributed by atoms with van der Waals surface area (Å²) in [6, 6.07) is 0. The quantitative estimate of drug-likeness (QED) is 0.238. The van der Waals surface area contributed by atoms with E-state index >= 15 is 0 Å². The third-order valence-corrected chi connectivity index (χ3v) is 1.90. The fraction of sp³-hybridized carbons (Fsp3) is 0.857. The number of amides is 1. The van der Waals surface area contributed by atoms with E-state index in [9.17, 15) is 4.79 Å². The molecule has 0 spiro atoms. The van der Waals surface area contributed by atoms with E-state index in [0.717, 1.165) is 0 Å². The van der Waals surface area contributed by atoms with Gasteiger partial charge in [-0.1, -0.05) is 0 Å². The molecule has 0 fully saturated rings. The first kappa shape index (κ1) is 14.2. The van der Waals surface area contributed by atoms with Gasteiger partial charge in [0.2, 0.25) is 5.91 Å². The zero-order valence-corrected chi connectivity index (χ0v) is 7.76. The highest BCUT2D eigenvalue weighted by Gasteiger charge is 2.36. The summed E-state index contributed by atoms with van der Waals surface area (Å²) in [5.41, 5.74) is 4.63. The van der Waals surface area contributed by atoms with Crippen LogP contribution in [-0.4, -0.2) is 73.7 Å². The second-order valence-electron chi connectivity index (χ2n) is 3.07. The monoisotopic (exact) mass is 225 g/mol. The molecule has 5 atom stereocenters. The lowest BCUT2D eigenvalue weighted by Gasteiger charge is -2.27. The Morgan fingerprint density at radius 1 is 1.00 bits per heavy atom. The van der Waals surface area contributed by atoms with Crippen LogP contribution in [0.2, 0.25) is 0 Å². The standard InChI is InChI=1S/C7H15NO7/c8-7(15)6(14)5(13)4(12)3(11)2(10)1-9/h2-6,9-14H,1H2,(H2,8,15)/t2-,3-,4+,5-,6+/m1/s1. The number of rotatable bonds is 6. The number of carbonyl (C=O) groups excluding carboxylic acids is 1. The van der Waals surface area contributed by atoms with Crippen molar-refractivity contribution in [2.75, 3.05) is 6.61 Å². The van der Waals surface area contributed by atoms with Crippen LogP contribution in [-0.2, 0) is 4.79 Å². The second kappa shape index (κ2) is 5.95.